The van der Waals surface area contributed by atoms with E-state index in [9.17, 15) is 17.6 Å². The standard InChI is InChI=1S/C29H23FN4O3S2/c30-22-9-11-26(12-10-22)39(36,37)34-17-23(18-34)32-29(35)20-7-4-8-24(13-20)38-25-14-21-15-27(33-28(21)31-16-25)19-5-2-1-3-6-19/h1-16,23H,17-18H2,(H,31,33)(H,32,35). The molecule has 0 saturated carbocycles. The number of aromatic amines is 1. The average Bonchev–Trinajstić information content (AvgIpc) is 3.35. The smallest absolute Gasteiger partial charge is 0.251 e. The van der Waals surface area contributed by atoms with Crippen molar-refractivity contribution in [2.24, 2.45) is 0 Å². The summed E-state index contributed by atoms with van der Waals surface area (Å²) in [5, 5.41) is 3.90. The van der Waals surface area contributed by atoms with E-state index in [4.69, 9.17) is 0 Å². The molecule has 0 spiro atoms. The molecule has 6 rings (SSSR count). The summed E-state index contributed by atoms with van der Waals surface area (Å²) < 4.78 is 39.8. The number of aromatic nitrogens is 2. The van der Waals surface area contributed by atoms with Crippen molar-refractivity contribution in [3.63, 3.8) is 0 Å². The van der Waals surface area contributed by atoms with E-state index < -0.39 is 15.8 Å². The van der Waals surface area contributed by atoms with Gasteiger partial charge in [-0.25, -0.2) is 17.8 Å². The molecule has 1 aliphatic rings. The third-order valence-corrected chi connectivity index (χ3v) is 9.29. The van der Waals surface area contributed by atoms with Gasteiger partial charge in [-0.05, 0) is 60.2 Å². The number of fused-ring (bicyclic) bond motifs is 1. The first-order valence-electron chi connectivity index (χ1n) is 12.2. The maximum Gasteiger partial charge on any atom is 0.251 e. The molecule has 3 aromatic carbocycles. The van der Waals surface area contributed by atoms with Crippen LogP contribution in [0.3, 0.4) is 0 Å². The number of pyridine rings is 1. The lowest BCUT2D eigenvalue weighted by Gasteiger charge is -2.38. The third-order valence-electron chi connectivity index (χ3n) is 6.50. The first kappa shape index (κ1) is 25.3. The average molecular weight is 559 g/mol. The van der Waals surface area contributed by atoms with Gasteiger partial charge in [0.05, 0.1) is 10.9 Å². The van der Waals surface area contributed by atoms with E-state index in [1.807, 2.05) is 48.5 Å². The number of nitrogens with zero attached hydrogens (tertiary/aromatic N) is 2. The highest BCUT2D eigenvalue weighted by Crippen LogP contribution is 2.31. The summed E-state index contributed by atoms with van der Waals surface area (Å²) in [6, 6.07) is 25.9. The number of hydrogen-bond acceptors (Lipinski definition) is 5. The number of sulfonamides is 1. The van der Waals surface area contributed by atoms with E-state index in [2.05, 4.69) is 27.4 Å². The Bertz CT molecular complexity index is 1770. The molecule has 1 fully saturated rings. The monoisotopic (exact) mass is 558 g/mol. The van der Waals surface area contributed by atoms with E-state index in [0.29, 0.717) is 5.56 Å². The van der Waals surface area contributed by atoms with Gasteiger partial charge in [0, 0.05) is 45.7 Å². The number of nitrogens with one attached hydrogen (secondary N) is 2. The lowest BCUT2D eigenvalue weighted by molar-refractivity contribution is 0.0895. The van der Waals surface area contributed by atoms with Crippen molar-refractivity contribution in [1.29, 1.82) is 0 Å². The molecule has 0 atom stereocenters. The highest BCUT2D eigenvalue weighted by molar-refractivity contribution is 7.99. The maximum absolute atomic E-state index is 13.1. The van der Waals surface area contributed by atoms with Crippen molar-refractivity contribution >= 4 is 38.7 Å². The molecule has 0 aliphatic carbocycles. The van der Waals surface area contributed by atoms with Crippen LogP contribution in [-0.2, 0) is 10.0 Å². The second-order valence-corrected chi connectivity index (χ2v) is 12.3. The van der Waals surface area contributed by atoms with Crippen molar-refractivity contribution in [2.75, 3.05) is 13.1 Å². The van der Waals surface area contributed by atoms with E-state index in [1.54, 1.807) is 12.3 Å². The van der Waals surface area contributed by atoms with Crippen molar-refractivity contribution < 1.29 is 17.6 Å². The summed E-state index contributed by atoms with van der Waals surface area (Å²) in [6.45, 7) is 0.320. The van der Waals surface area contributed by atoms with Crippen LogP contribution in [0, 0.1) is 5.82 Å². The SMILES string of the molecule is O=C(NC1CN(S(=O)(=O)c2ccc(F)cc2)C1)c1cccc(Sc2cnc3[nH]c(-c4ccccc4)cc3c2)c1. The Morgan fingerprint density at radius 2 is 1.72 bits per heavy atom. The van der Waals surface area contributed by atoms with Crippen LogP contribution >= 0.6 is 11.8 Å². The maximum atomic E-state index is 13.1. The topological polar surface area (TPSA) is 95.2 Å². The number of carbonyl (C=O) groups is 1. The van der Waals surface area contributed by atoms with Crippen LogP contribution in [0.2, 0.25) is 0 Å². The molecule has 3 heterocycles. The summed E-state index contributed by atoms with van der Waals surface area (Å²) in [5.41, 5.74) is 3.38. The lowest BCUT2D eigenvalue weighted by Crippen LogP contribution is -2.60. The zero-order chi connectivity index (χ0) is 27.0. The molecule has 0 radical (unpaired) electrons. The quantitative estimate of drug-likeness (QED) is 0.282. The van der Waals surface area contributed by atoms with Gasteiger partial charge in [0.15, 0.2) is 0 Å². The Morgan fingerprint density at radius 1 is 0.949 bits per heavy atom. The van der Waals surface area contributed by atoms with Crippen molar-refractivity contribution in [3.05, 3.63) is 109 Å². The van der Waals surface area contributed by atoms with Gasteiger partial charge >= 0.3 is 0 Å². The van der Waals surface area contributed by atoms with Crippen LogP contribution in [0.5, 0.6) is 0 Å². The molecule has 0 unspecified atom stereocenters. The molecular formula is C29H23FN4O3S2. The minimum absolute atomic E-state index is 0.0296. The number of halogens is 1. The van der Waals surface area contributed by atoms with Gasteiger partial charge in [-0.15, -0.1) is 0 Å². The van der Waals surface area contributed by atoms with Crippen molar-refractivity contribution in [3.8, 4) is 11.3 Å². The van der Waals surface area contributed by atoms with Crippen LogP contribution in [0.25, 0.3) is 22.3 Å². The first-order valence-corrected chi connectivity index (χ1v) is 14.5. The zero-order valence-electron chi connectivity index (χ0n) is 20.5. The highest BCUT2D eigenvalue weighted by atomic mass is 32.2. The molecular weight excluding hydrogens is 535 g/mol. The zero-order valence-corrected chi connectivity index (χ0v) is 22.2. The normalized spacial score (nSPS) is 14.3. The van der Waals surface area contributed by atoms with Crippen molar-refractivity contribution in [1.82, 2.24) is 19.6 Å². The van der Waals surface area contributed by atoms with Crippen LogP contribution < -0.4 is 5.32 Å². The highest BCUT2D eigenvalue weighted by Gasteiger charge is 2.37. The number of amides is 1. The van der Waals surface area contributed by atoms with E-state index in [1.165, 1.54) is 28.2 Å². The molecule has 0 bridgehead atoms. The van der Waals surface area contributed by atoms with Gasteiger partial charge in [0.25, 0.3) is 5.91 Å². The molecule has 1 aliphatic heterocycles. The largest absolute Gasteiger partial charge is 0.347 e. The molecule has 7 nitrogen and oxygen atoms in total. The van der Waals surface area contributed by atoms with Gasteiger partial charge in [-0.2, -0.15) is 4.31 Å². The molecule has 1 saturated heterocycles. The summed E-state index contributed by atoms with van der Waals surface area (Å²) in [4.78, 5) is 22.7. The fraction of sp³-hybridized carbons (Fsp3) is 0.103. The minimum Gasteiger partial charge on any atom is -0.347 e. The Morgan fingerprint density at radius 3 is 2.49 bits per heavy atom. The number of benzene rings is 3. The molecule has 1 amide bonds. The van der Waals surface area contributed by atoms with Crippen LogP contribution in [0.4, 0.5) is 4.39 Å². The molecule has 2 aromatic heterocycles. The fourth-order valence-electron chi connectivity index (χ4n) is 4.41. The van der Waals surface area contributed by atoms with E-state index >= 15 is 0 Å². The van der Waals surface area contributed by atoms with Gasteiger partial charge in [0.2, 0.25) is 10.0 Å². The number of rotatable bonds is 7. The van der Waals surface area contributed by atoms with Crippen molar-refractivity contribution in [2.45, 2.75) is 20.7 Å². The minimum atomic E-state index is -3.72. The predicted octanol–water partition coefficient (Wildman–Crippen LogP) is 5.32. The van der Waals surface area contributed by atoms with Crippen LogP contribution in [0.1, 0.15) is 10.4 Å². The third kappa shape index (κ3) is 5.31. The lowest BCUT2D eigenvalue weighted by atomic mass is 10.1. The van der Waals surface area contributed by atoms with Gasteiger partial charge < -0.3 is 10.3 Å². The molecule has 39 heavy (non-hydrogen) atoms. The van der Waals surface area contributed by atoms with E-state index in [0.717, 1.165) is 44.2 Å². The van der Waals surface area contributed by atoms with Crippen LogP contribution in [-0.4, -0.2) is 47.7 Å². The Labute approximate surface area is 229 Å². The van der Waals surface area contributed by atoms with Gasteiger partial charge in [-0.1, -0.05) is 48.2 Å². The molecule has 2 N–H and O–H groups in total. The summed E-state index contributed by atoms with van der Waals surface area (Å²) in [6.07, 6.45) is 1.80. The molecule has 196 valence electrons. The Balaban J connectivity index is 1.09. The second kappa shape index (κ2) is 10.3. The molecule has 10 heteroatoms. The Hall–Kier alpha value is -3.99. The van der Waals surface area contributed by atoms with Gasteiger partial charge in [-0.3, -0.25) is 4.79 Å². The fourth-order valence-corrected chi connectivity index (χ4v) is 6.84. The first-order chi connectivity index (χ1) is 18.8. The summed E-state index contributed by atoms with van der Waals surface area (Å²) in [7, 11) is -3.72. The van der Waals surface area contributed by atoms with E-state index in [-0.39, 0.29) is 29.9 Å². The van der Waals surface area contributed by atoms with Gasteiger partial charge in [0.1, 0.15) is 11.5 Å². The summed E-state index contributed by atoms with van der Waals surface area (Å²) >= 11 is 1.51. The predicted molar refractivity (Wildman–Crippen MR) is 149 cm³/mol. The second-order valence-electron chi connectivity index (χ2n) is 9.23. The number of H-pyrrole nitrogens is 1. The molecule has 5 aromatic rings. The summed E-state index contributed by atoms with van der Waals surface area (Å²) in [5.74, 6) is -0.769. The van der Waals surface area contributed by atoms with Crippen LogP contribution in [0.15, 0.2) is 112 Å². The number of carbonyl (C=O) groups excluding carboxylic acids is 1. The Kier molecular flexibility index (Phi) is 6.68. The number of hydrogen-bond donors (Lipinski definition) is 2.